The molecule has 1 aliphatic heterocycles. The molecule has 1 N–H and O–H groups in total. The van der Waals surface area contributed by atoms with E-state index in [1.165, 1.54) is 11.1 Å². The first-order chi connectivity index (χ1) is 13.0. The molecule has 0 saturated heterocycles. The maximum absolute atomic E-state index is 6.29. The standard InChI is InChI=1S/C22H29NO4/c1-22(2,13-24-3)14-27-20-18(8-9-19(25-4)21(20)26-5)15-6-7-16-11-23-12-17(16)10-15/h6-10,23H,11-14H2,1-5H3. The monoisotopic (exact) mass is 371 g/mol. The number of nitrogens with one attached hydrogen (secondary N) is 1. The Morgan fingerprint density at radius 1 is 0.889 bits per heavy atom. The molecule has 3 rings (SSSR count). The lowest BCUT2D eigenvalue weighted by Crippen LogP contribution is -2.26. The first-order valence-corrected chi connectivity index (χ1v) is 9.18. The van der Waals surface area contributed by atoms with Gasteiger partial charge < -0.3 is 24.3 Å². The molecule has 0 spiro atoms. The van der Waals surface area contributed by atoms with Crippen molar-refractivity contribution in [3.8, 4) is 28.4 Å². The van der Waals surface area contributed by atoms with Crippen molar-refractivity contribution < 1.29 is 18.9 Å². The second-order valence-electron chi connectivity index (χ2n) is 7.65. The van der Waals surface area contributed by atoms with Crippen molar-refractivity contribution in [3.05, 3.63) is 41.5 Å². The van der Waals surface area contributed by atoms with E-state index in [1.54, 1.807) is 21.3 Å². The number of ether oxygens (including phenoxy) is 4. The minimum atomic E-state index is -0.123. The Balaban J connectivity index is 2.02. The Morgan fingerprint density at radius 3 is 2.37 bits per heavy atom. The third-order valence-electron chi connectivity index (χ3n) is 4.79. The van der Waals surface area contributed by atoms with Gasteiger partial charge in [-0.2, -0.15) is 0 Å². The number of hydrogen-bond acceptors (Lipinski definition) is 5. The van der Waals surface area contributed by atoms with Crippen molar-refractivity contribution in [2.24, 2.45) is 5.41 Å². The molecule has 1 aliphatic rings. The third kappa shape index (κ3) is 4.20. The Kier molecular flexibility index (Phi) is 5.92. The van der Waals surface area contributed by atoms with E-state index in [1.807, 2.05) is 12.1 Å². The van der Waals surface area contributed by atoms with Crippen LogP contribution in [0.3, 0.4) is 0 Å². The zero-order chi connectivity index (χ0) is 19.4. The van der Waals surface area contributed by atoms with Crippen LogP contribution in [0.2, 0.25) is 0 Å². The average molecular weight is 371 g/mol. The smallest absolute Gasteiger partial charge is 0.203 e. The Labute approximate surface area is 161 Å². The fourth-order valence-corrected chi connectivity index (χ4v) is 3.43. The molecule has 1 heterocycles. The van der Waals surface area contributed by atoms with Crippen LogP contribution in [0.4, 0.5) is 0 Å². The van der Waals surface area contributed by atoms with Gasteiger partial charge in [-0.05, 0) is 34.9 Å². The number of hydrogen-bond donors (Lipinski definition) is 1. The third-order valence-corrected chi connectivity index (χ3v) is 4.79. The van der Waals surface area contributed by atoms with E-state index in [4.69, 9.17) is 18.9 Å². The van der Waals surface area contributed by atoms with Crippen molar-refractivity contribution in [2.45, 2.75) is 26.9 Å². The van der Waals surface area contributed by atoms with Gasteiger partial charge in [0, 0.05) is 31.2 Å². The van der Waals surface area contributed by atoms with Gasteiger partial charge in [0.1, 0.15) is 0 Å². The summed E-state index contributed by atoms with van der Waals surface area (Å²) in [5.41, 5.74) is 4.66. The number of rotatable bonds is 8. The van der Waals surface area contributed by atoms with Crippen LogP contribution >= 0.6 is 0 Å². The molecule has 2 aromatic rings. The van der Waals surface area contributed by atoms with Gasteiger partial charge in [0.2, 0.25) is 5.75 Å². The second kappa shape index (κ2) is 8.19. The highest BCUT2D eigenvalue weighted by Gasteiger charge is 2.24. The molecule has 0 aromatic heterocycles. The summed E-state index contributed by atoms with van der Waals surface area (Å²) in [4.78, 5) is 0. The molecule has 0 unspecified atom stereocenters. The summed E-state index contributed by atoms with van der Waals surface area (Å²) < 4.78 is 22.7. The van der Waals surface area contributed by atoms with Crippen molar-refractivity contribution >= 4 is 0 Å². The number of fused-ring (bicyclic) bond motifs is 1. The van der Waals surface area contributed by atoms with Crippen LogP contribution in [0.15, 0.2) is 30.3 Å². The van der Waals surface area contributed by atoms with Gasteiger partial charge >= 0.3 is 0 Å². The van der Waals surface area contributed by atoms with Gasteiger partial charge in [-0.15, -0.1) is 0 Å². The van der Waals surface area contributed by atoms with E-state index >= 15 is 0 Å². The average Bonchev–Trinajstić information content (AvgIpc) is 3.13. The zero-order valence-corrected chi connectivity index (χ0v) is 16.8. The van der Waals surface area contributed by atoms with Crippen LogP contribution in [0.1, 0.15) is 25.0 Å². The van der Waals surface area contributed by atoms with E-state index in [0.717, 1.165) is 24.2 Å². The summed E-state index contributed by atoms with van der Waals surface area (Å²) in [7, 11) is 4.98. The second-order valence-corrected chi connectivity index (χ2v) is 7.65. The normalized spacial score (nSPS) is 13.4. The van der Waals surface area contributed by atoms with Crippen molar-refractivity contribution in [1.82, 2.24) is 5.32 Å². The quantitative estimate of drug-likeness (QED) is 0.759. The molecule has 146 valence electrons. The lowest BCUT2D eigenvalue weighted by Gasteiger charge is -2.26. The van der Waals surface area contributed by atoms with Crippen LogP contribution in [-0.2, 0) is 17.8 Å². The summed E-state index contributed by atoms with van der Waals surface area (Å²) in [5.74, 6) is 1.97. The summed E-state index contributed by atoms with van der Waals surface area (Å²) in [6, 6.07) is 10.5. The first kappa shape index (κ1) is 19.5. The fraction of sp³-hybridized carbons (Fsp3) is 0.455. The predicted molar refractivity (Wildman–Crippen MR) is 107 cm³/mol. The van der Waals surface area contributed by atoms with Gasteiger partial charge in [-0.25, -0.2) is 0 Å². The molecule has 0 radical (unpaired) electrons. The fourth-order valence-electron chi connectivity index (χ4n) is 3.43. The molecule has 0 aliphatic carbocycles. The van der Waals surface area contributed by atoms with Crippen LogP contribution in [0.5, 0.6) is 17.2 Å². The van der Waals surface area contributed by atoms with E-state index in [2.05, 4.69) is 37.4 Å². The molecule has 0 fully saturated rings. The lowest BCUT2D eigenvalue weighted by molar-refractivity contribution is 0.0635. The van der Waals surface area contributed by atoms with E-state index in [9.17, 15) is 0 Å². The SMILES string of the molecule is COCC(C)(C)COc1c(-c2ccc3c(c2)CNC3)ccc(OC)c1OC. The maximum Gasteiger partial charge on any atom is 0.203 e. The predicted octanol–water partition coefficient (Wildman–Crippen LogP) is 4.03. The zero-order valence-electron chi connectivity index (χ0n) is 16.8. The Hall–Kier alpha value is -2.24. The van der Waals surface area contributed by atoms with E-state index in [-0.39, 0.29) is 5.41 Å². The Morgan fingerprint density at radius 2 is 1.67 bits per heavy atom. The molecule has 2 aromatic carbocycles. The molecule has 0 bridgehead atoms. The van der Waals surface area contributed by atoms with Gasteiger partial charge in [0.15, 0.2) is 11.5 Å². The Bertz CT molecular complexity index is 801. The summed E-state index contributed by atoms with van der Waals surface area (Å²) in [6.45, 7) is 7.17. The van der Waals surface area contributed by atoms with Crippen LogP contribution < -0.4 is 19.5 Å². The highest BCUT2D eigenvalue weighted by molar-refractivity contribution is 5.77. The molecule has 5 nitrogen and oxygen atoms in total. The topological polar surface area (TPSA) is 49.0 Å². The summed E-state index contributed by atoms with van der Waals surface area (Å²) in [6.07, 6.45) is 0. The van der Waals surface area contributed by atoms with Crippen molar-refractivity contribution in [3.63, 3.8) is 0 Å². The van der Waals surface area contributed by atoms with Crippen molar-refractivity contribution in [2.75, 3.05) is 34.5 Å². The number of benzene rings is 2. The van der Waals surface area contributed by atoms with Gasteiger partial charge in [0.05, 0.1) is 27.4 Å². The van der Waals surface area contributed by atoms with Crippen LogP contribution in [0, 0.1) is 5.41 Å². The highest BCUT2D eigenvalue weighted by Crippen LogP contribution is 2.45. The lowest BCUT2D eigenvalue weighted by atomic mass is 9.96. The summed E-state index contributed by atoms with van der Waals surface area (Å²) >= 11 is 0. The van der Waals surface area contributed by atoms with E-state index < -0.39 is 0 Å². The molecule has 0 atom stereocenters. The number of methoxy groups -OCH3 is 3. The van der Waals surface area contributed by atoms with Gasteiger partial charge in [-0.3, -0.25) is 0 Å². The molecular weight excluding hydrogens is 342 g/mol. The molecule has 27 heavy (non-hydrogen) atoms. The minimum absolute atomic E-state index is 0.123. The van der Waals surface area contributed by atoms with Crippen LogP contribution in [-0.4, -0.2) is 34.5 Å². The van der Waals surface area contributed by atoms with E-state index in [0.29, 0.717) is 30.5 Å². The van der Waals surface area contributed by atoms with Crippen LogP contribution in [0.25, 0.3) is 11.1 Å². The van der Waals surface area contributed by atoms with Gasteiger partial charge in [-0.1, -0.05) is 26.0 Å². The first-order valence-electron chi connectivity index (χ1n) is 9.18. The molecule has 0 amide bonds. The molecular formula is C22H29NO4. The molecule has 0 saturated carbocycles. The maximum atomic E-state index is 6.29. The van der Waals surface area contributed by atoms with Crippen molar-refractivity contribution in [1.29, 1.82) is 0 Å². The van der Waals surface area contributed by atoms with Gasteiger partial charge in [0.25, 0.3) is 0 Å². The minimum Gasteiger partial charge on any atom is -0.493 e. The molecule has 5 heteroatoms. The largest absolute Gasteiger partial charge is 0.493 e. The summed E-state index contributed by atoms with van der Waals surface area (Å²) in [5, 5.41) is 3.39. The highest BCUT2D eigenvalue weighted by atomic mass is 16.5.